The van der Waals surface area contributed by atoms with E-state index in [9.17, 15) is 0 Å². The third-order valence-corrected chi connectivity index (χ3v) is 4.69. The van der Waals surface area contributed by atoms with Crippen LogP contribution >= 0.6 is 11.8 Å². The first kappa shape index (κ1) is 13.7. The van der Waals surface area contributed by atoms with E-state index in [1.54, 1.807) is 18.9 Å². The molecule has 0 radical (unpaired) electrons. The fourth-order valence-electron chi connectivity index (χ4n) is 2.48. The van der Waals surface area contributed by atoms with Gasteiger partial charge in [-0.25, -0.2) is 0 Å². The van der Waals surface area contributed by atoms with Gasteiger partial charge >= 0.3 is 0 Å². The van der Waals surface area contributed by atoms with Crippen LogP contribution < -0.4 is 0 Å². The molecule has 1 aromatic carbocycles. The fraction of sp³-hybridized carbons (Fsp3) is 0.438. The van der Waals surface area contributed by atoms with Crippen molar-refractivity contribution in [2.75, 3.05) is 7.11 Å². The van der Waals surface area contributed by atoms with Crippen LogP contribution in [-0.2, 0) is 17.5 Å². The Labute approximate surface area is 124 Å². The Hall–Kier alpha value is -1.26. The molecule has 0 amide bonds. The molecular weight excluding hydrogens is 268 g/mol. The van der Waals surface area contributed by atoms with Crippen LogP contribution in [0.5, 0.6) is 0 Å². The van der Waals surface area contributed by atoms with Crippen molar-refractivity contribution in [2.45, 2.75) is 29.7 Å². The molecule has 1 heterocycles. The number of hydrogen-bond donors (Lipinski definition) is 0. The van der Waals surface area contributed by atoms with Crippen LogP contribution in [0.1, 0.15) is 30.2 Å². The van der Waals surface area contributed by atoms with E-state index >= 15 is 0 Å². The number of methoxy groups -OCH3 is 1. The van der Waals surface area contributed by atoms with Gasteiger partial charge in [-0.3, -0.25) is 4.68 Å². The van der Waals surface area contributed by atoms with Crippen molar-refractivity contribution < 1.29 is 4.74 Å². The Balaban J connectivity index is 1.69. The highest BCUT2D eigenvalue weighted by atomic mass is 32.2. The second-order valence-corrected chi connectivity index (χ2v) is 6.29. The molecule has 106 valence electrons. The highest BCUT2D eigenvalue weighted by molar-refractivity contribution is 7.98. The smallest absolute Gasteiger partial charge is 0.119 e. The molecule has 1 saturated carbocycles. The average molecular weight is 288 g/mol. The maximum absolute atomic E-state index is 5.65. The molecule has 3 nitrogen and oxygen atoms in total. The van der Waals surface area contributed by atoms with Crippen LogP contribution in [0, 0.1) is 5.92 Å². The average Bonchev–Trinajstić information content (AvgIpc) is 3.23. The number of rotatable bonds is 6. The van der Waals surface area contributed by atoms with Gasteiger partial charge in [-0.15, -0.1) is 0 Å². The summed E-state index contributed by atoms with van der Waals surface area (Å²) in [6.45, 7) is 0. The van der Waals surface area contributed by atoms with E-state index in [1.165, 1.54) is 24.1 Å². The van der Waals surface area contributed by atoms with Gasteiger partial charge in [-0.2, -0.15) is 5.10 Å². The van der Waals surface area contributed by atoms with Crippen LogP contribution in [0.25, 0.3) is 0 Å². The third-order valence-electron chi connectivity index (χ3n) is 3.72. The molecule has 20 heavy (non-hydrogen) atoms. The molecule has 0 bridgehead atoms. The zero-order valence-electron chi connectivity index (χ0n) is 12.0. The van der Waals surface area contributed by atoms with Crippen molar-refractivity contribution in [3.05, 3.63) is 47.7 Å². The van der Waals surface area contributed by atoms with Gasteiger partial charge in [0.25, 0.3) is 0 Å². The second-order valence-electron chi connectivity index (χ2n) is 5.30. The molecule has 1 fully saturated rings. The SMILES string of the molecule is COC(c1cc(SCc2ccccc2)nn1C)C1CC1. The van der Waals surface area contributed by atoms with Gasteiger partial charge in [-0.05, 0) is 30.4 Å². The van der Waals surface area contributed by atoms with Crippen LogP contribution in [-0.4, -0.2) is 16.9 Å². The highest BCUT2D eigenvalue weighted by Gasteiger charge is 2.34. The van der Waals surface area contributed by atoms with E-state index in [1.807, 2.05) is 17.8 Å². The van der Waals surface area contributed by atoms with Gasteiger partial charge in [0.15, 0.2) is 0 Å². The summed E-state index contributed by atoms with van der Waals surface area (Å²) >= 11 is 1.78. The number of benzene rings is 1. The van der Waals surface area contributed by atoms with Crippen molar-refractivity contribution in [2.24, 2.45) is 13.0 Å². The Morgan fingerprint density at radius 3 is 2.75 bits per heavy atom. The van der Waals surface area contributed by atoms with E-state index in [2.05, 4.69) is 35.4 Å². The lowest BCUT2D eigenvalue weighted by Gasteiger charge is -2.13. The largest absolute Gasteiger partial charge is 0.375 e. The molecule has 0 saturated heterocycles. The molecule has 1 aliphatic carbocycles. The van der Waals surface area contributed by atoms with E-state index in [4.69, 9.17) is 4.74 Å². The quantitative estimate of drug-likeness (QED) is 0.756. The minimum absolute atomic E-state index is 0.207. The van der Waals surface area contributed by atoms with E-state index in [-0.39, 0.29) is 6.10 Å². The number of thioether (sulfide) groups is 1. The summed E-state index contributed by atoms with van der Waals surface area (Å²) in [5.41, 5.74) is 2.53. The van der Waals surface area contributed by atoms with Gasteiger partial charge in [0, 0.05) is 19.9 Å². The Morgan fingerprint density at radius 2 is 2.10 bits per heavy atom. The second kappa shape index (κ2) is 6.02. The zero-order chi connectivity index (χ0) is 13.9. The summed E-state index contributed by atoms with van der Waals surface area (Å²) < 4.78 is 7.62. The first-order chi connectivity index (χ1) is 9.78. The standard InChI is InChI=1S/C16H20N2OS/c1-18-14(16(19-2)13-8-9-13)10-15(17-18)20-11-12-6-4-3-5-7-12/h3-7,10,13,16H,8-9,11H2,1-2H3. The topological polar surface area (TPSA) is 27.1 Å². The normalized spacial score (nSPS) is 16.3. The first-order valence-corrected chi connectivity index (χ1v) is 8.00. The van der Waals surface area contributed by atoms with Crippen LogP contribution in [0.3, 0.4) is 0 Å². The maximum atomic E-state index is 5.65. The van der Waals surface area contributed by atoms with Gasteiger partial charge in [0.2, 0.25) is 0 Å². The zero-order valence-corrected chi connectivity index (χ0v) is 12.8. The predicted octanol–water partition coefficient (Wildman–Crippen LogP) is 3.81. The number of aryl methyl sites for hydroxylation is 1. The molecule has 1 aromatic heterocycles. The Morgan fingerprint density at radius 1 is 1.35 bits per heavy atom. The van der Waals surface area contributed by atoms with Crippen molar-refractivity contribution in [3.8, 4) is 0 Å². The summed E-state index contributed by atoms with van der Waals surface area (Å²) in [5.74, 6) is 1.64. The van der Waals surface area contributed by atoms with Gasteiger partial charge in [-0.1, -0.05) is 42.1 Å². The predicted molar refractivity (Wildman–Crippen MR) is 81.7 cm³/mol. The third kappa shape index (κ3) is 3.07. The minimum atomic E-state index is 0.207. The summed E-state index contributed by atoms with van der Waals surface area (Å²) in [6.07, 6.45) is 2.75. The minimum Gasteiger partial charge on any atom is -0.375 e. The molecule has 0 N–H and O–H groups in total. The fourth-order valence-corrected chi connectivity index (χ4v) is 3.37. The molecule has 2 aromatic rings. The summed E-state index contributed by atoms with van der Waals surface area (Å²) in [6, 6.07) is 12.7. The van der Waals surface area contributed by atoms with E-state index in [0.29, 0.717) is 5.92 Å². The van der Waals surface area contributed by atoms with Crippen molar-refractivity contribution in [1.29, 1.82) is 0 Å². The lowest BCUT2D eigenvalue weighted by molar-refractivity contribution is 0.0778. The van der Waals surface area contributed by atoms with Crippen LogP contribution in [0.4, 0.5) is 0 Å². The Kier molecular flexibility index (Phi) is 4.13. The summed E-state index contributed by atoms with van der Waals surface area (Å²) in [4.78, 5) is 0. The number of ether oxygens (including phenoxy) is 1. The molecular formula is C16H20N2OS. The molecule has 1 unspecified atom stereocenters. The van der Waals surface area contributed by atoms with Gasteiger partial charge in [0.05, 0.1) is 5.69 Å². The van der Waals surface area contributed by atoms with Gasteiger partial charge in [0.1, 0.15) is 11.1 Å². The molecule has 1 atom stereocenters. The molecule has 1 aliphatic rings. The monoisotopic (exact) mass is 288 g/mol. The summed E-state index contributed by atoms with van der Waals surface area (Å²) in [5, 5.41) is 5.68. The maximum Gasteiger partial charge on any atom is 0.119 e. The van der Waals surface area contributed by atoms with Crippen LogP contribution in [0.15, 0.2) is 41.4 Å². The van der Waals surface area contributed by atoms with Crippen molar-refractivity contribution in [3.63, 3.8) is 0 Å². The van der Waals surface area contributed by atoms with Crippen molar-refractivity contribution in [1.82, 2.24) is 9.78 Å². The number of nitrogens with zero attached hydrogens (tertiary/aromatic N) is 2. The van der Waals surface area contributed by atoms with E-state index < -0.39 is 0 Å². The molecule has 3 rings (SSSR count). The van der Waals surface area contributed by atoms with Crippen LogP contribution in [0.2, 0.25) is 0 Å². The van der Waals surface area contributed by atoms with E-state index in [0.717, 1.165) is 10.8 Å². The van der Waals surface area contributed by atoms with Gasteiger partial charge < -0.3 is 4.74 Å². The Bertz CT molecular complexity index is 563. The lowest BCUT2D eigenvalue weighted by atomic mass is 10.1. The lowest BCUT2D eigenvalue weighted by Crippen LogP contribution is -2.09. The number of aromatic nitrogens is 2. The number of hydrogen-bond acceptors (Lipinski definition) is 3. The summed E-state index contributed by atoms with van der Waals surface area (Å²) in [7, 11) is 3.81. The molecule has 4 heteroatoms. The highest BCUT2D eigenvalue weighted by Crippen LogP contribution is 2.43. The van der Waals surface area contributed by atoms with Crippen molar-refractivity contribution >= 4 is 11.8 Å². The first-order valence-electron chi connectivity index (χ1n) is 7.01. The molecule has 0 spiro atoms. The molecule has 0 aliphatic heterocycles.